The van der Waals surface area contributed by atoms with Gasteiger partial charge in [-0.05, 0) is 26.2 Å². The maximum absolute atomic E-state index is 12.2. The first-order valence-electron chi connectivity index (χ1n) is 6.36. The minimum Gasteiger partial charge on any atom is -0.378 e. The Morgan fingerprint density at radius 2 is 1.94 bits per heavy atom. The summed E-state index contributed by atoms with van der Waals surface area (Å²) in [5, 5.41) is -0.439. The molecule has 1 aliphatic heterocycles. The van der Waals surface area contributed by atoms with Crippen molar-refractivity contribution < 1.29 is 13.2 Å². The highest BCUT2D eigenvalue weighted by atomic mass is 32.2. The Morgan fingerprint density at radius 1 is 1.35 bits per heavy atom. The normalized spacial score (nSPS) is 21.6. The van der Waals surface area contributed by atoms with Crippen molar-refractivity contribution in [3.63, 3.8) is 0 Å². The van der Waals surface area contributed by atoms with Crippen LogP contribution >= 0.6 is 0 Å². The Morgan fingerprint density at radius 3 is 2.35 bits per heavy atom. The van der Waals surface area contributed by atoms with E-state index in [4.69, 9.17) is 10.5 Å². The predicted molar refractivity (Wildman–Crippen MR) is 68.3 cm³/mol. The molecule has 5 nitrogen and oxygen atoms in total. The molecule has 0 aromatic rings. The summed E-state index contributed by atoms with van der Waals surface area (Å²) >= 11 is 0. The van der Waals surface area contributed by atoms with Gasteiger partial charge in [-0.15, -0.1) is 0 Å². The zero-order valence-electron chi connectivity index (χ0n) is 10.8. The molecule has 1 unspecified atom stereocenters. The van der Waals surface area contributed by atoms with Crippen molar-refractivity contribution >= 4 is 10.0 Å². The van der Waals surface area contributed by atoms with Gasteiger partial charge in [-0.2, -0.15) is 0 Å². The summed E-state index contributed by atoms with van der Waals surface area (Å²) in [6, 6.07) is 0. The van der Waals surface area contributed by atoms with Crippen molar-refractivity contribution in [2.75, 3.05) is 26.2 Å². The zero-order chi connectivity index (χ0) is 12.9. The van der Waals surface area contributed by atoms with Gasteiger partial charge in [0.25, 0.3) is 0 Å². The first-order valence-corrected chi connectivity index (χ1v) is 7.87. The summed E-state index contributed by atoms with van der Waals surface area (Å²) in [5.74, 6) is 0. The van der Waals surface area contributed by atoms with Crippen LogP contribution in [0.25, 0.3) is 0 Å². The van der Waals surface area contributed by atoms with Crippen LogP contribution in [0, 0.1) is 0 Å². The van der Waals surface area contributed by atoms with E-state index in [2.05, 4.69) is 0 Å². The van der Waals surface area contributed by atoms with Crippen molar-refractivity contribution in [2.24, 2.45) is 5.73 Å². The third-order valence-corrected chi connectivity index (χ3v) is 5.76. The largest absolute Gasteiger partial charge is 0.378 e. The van der Waals surface area contributed by atoms with Crippen LogP contribution in [0.3, 0.4) is 0 Å². The summed E-state index contributed by atoms with van der Waals surface area (Å²) in [6.45, 7) is 5.84. The zero-order valence-corrected chi connectivity index (χ0v) is 11.6. The van der Waals surface area contributed by atoms with Crippen molar-refractivity contribution in [1.29, 1.82) is 0 Å². The molecule has 102 valence electrons. The van der Waals surface area contributed by atoms with Crippen LogP contribution in [0.4, 0.5) is 0 Å². The number of piperidine rings is 1. The molecule has 0 spiro atoms. The van der Waals surface area contributed by atoms with E-state index in [1.807, 2.05) is 13.8 Å². The number of hydrogen-bond donors (Lipinski definition) is 1. The number of nitrogens with two attached hydrogens (primary N) is 1. The summed E-state index contributed by atoms with van der Waals surface area (Å²) in [4.78, 5) is 0. The van der Waals surface area contributed by atoms with Crippen LogP contribution in [-0.2, 0) is 14.8 Å². The molecule has 0 aromatic carbocycles. The SMILES string of the molecule is CCOC1CCN(S(=O)(=O)C(CC)CN)CC1. The second-order valence-corrected chi connectivity index (χ2v) is 6.58. The smallest absolute Gasteiger partial charge is 0.218 e. The molecule has 1 heterocycles. The van der Waals surface area contributed by atoms with Crippen LogP contribution in [0.15, 0.2) is 0 Å². The van der Waals surface area contributed by atoms with Crippen LogP contribution < -0.4 is 5.73 Å². The predicted octanol–water partition coefficient (Wildman–Crippen LogP) is 0.554. The summed E-state index contributed by atoms with van der Waals surface area (Å²) < 4.78 is 31.5. The molecule has 2 N–H and O–H groups in total. The van der Waals surface area contributed by atoms with E-state index in [1.165, 1.54) is 0 Å². The highest BCUT2D eigenvalue weighted by Crippen LogP contribution is 2.20. The Balaban J connectivity index is 2.58. The molecule has 1 saturated heterocycles. The van der Waals surface area contributed by atoms with Crippen LogP contribution in [0.5, 0.6) is 0 Å². The lowest BCUT2D eigenvalue weighted by molar-refractivity contribution is 0.0288. The Bertz CT molecular complexity index is 307. The molecule has 17 heavy (non-hydrogen) atoms. The van der Waals surface area contributed by atoms with E-state index < -0.39 is 15.3 Å². The second-order valence-electron chi connectivity index (χ2n) is 4.36. The Labute approximate surface area is 104 Å². The minimum atomic E-state index is -3.21. The monoisotopic (exact) mass is 264 g/mol. The average Bonchev–Trinajstić information content (AvgIpc) is 2.31. The van der Waals surface area contributed by atoms with Gasteiger partial charge in [0.15, 0.2) is 0 Å². The molecular weight excluding hydrogens is 240 g/mol. The van der Waals surface area contributed by atoms with Gasteiger partial charge in [0.05, 0.1) is 11.4 Å². The van der Waals surface area contributed by atoms with Crippen LogP contribution in [0.2, 0.25) is 0 Å². The molecular formula is C11H24N2O3S. The van der Waals surface area contributed by atoms with Crippen molar-refractivity contribution in [3.05, 3.63) is 0 Å². The molecule has 1 atom stereocenters. The molecule has 0 radical (unpaired) electrons. The fourth-order valence-electron chi connectivity index (χ4n) is 2.20. The Hall–Kier alpha value is -0.170. The van der Waals surface area contributed by atoms with E-state index >= 15 is 0 Å². The van der Waals surface area contributed by atoms with Gasteiger partial charge in [-0.1, -0.05) is 6.92 Å². The second kappa shape index (κ2) is 6.68. The third kappa shape index (κ3) is 3.64. The molecule has 0 aliphatic carbocycles. The highest BCUT2D eigenvalue weighted by molar-refractivity contribution is 7.89. The molecule has 0 aromatic heterocycles. The van der Waals surface area contributed by atoms with E-state index in [9.17, 15) is 8.42 Å². The maximum Gasteiger partial charge on any atom is 0.218 e. The fraction of sp³-hybridized carbons (Fsp3) is 1.00. The van der Waals surface area contributed by atoms with Gasteiger partial charge in [0.1, 0.15) is 0 Å². The lowest BCUT2D eigenvalue weighted by atomic mass is 10.1. The topological polar surface area (TPSA) is 72.6 Å². The highest BCUT2D eigenvalue weighted by Gasteiger charge is 2.32. The van der Waals surface area contributed by atoms with E-state index in [-0.39, 0.29) is 12.6 Å². The number of sulfonamides is 1. The first-order chi connectivity index (χ1) is 8.06. The average molecular weight is 264 g/mol. The molecule has 1 rings (SSSR count). The van der Waals surface area contributed by atoms with Crippen LogP contribution in [-0.4, -0.2) is 50.3 Å². The molecule has 0 bridgehead atoms. The van der Waals surface area contributed by atoms with E-state index in [0.717, 1.165) is 12.8 Å². The van der Waals surface area contributed by atoms with Crippen LogP contribution in [0.1, 0.15) is 33.1 Å². The summed E-state index contributed by atoms with van der Waals surface area (Å²) in [5.41, 5.74) is 5.52. The lowest BCUT2D eigenvalue weighted by Gasteiger charge is -2.33. The van der Waals surface area contributed by atoms with Crippen molar-refractivity contribution in [3.8, 4) is 0 Å². The molecule has 6 heteroatoms. The van der Waals surface area contributed by atoms with Gasteiger partial charge in [0, 0.05) is 26.2 Å². The lowest BCUT2D eigenvalue weighted by Crippen LogP contribution is -2.46. The van der Waals surface area contributed by atoms with Crippen molar-refractivity contribution in [2.45, 2.75) is 44.5 Å². The van der Waals surface area contributed by atoms with E-state index in [0.29, 0.717) is 26.1 Å². The maximum atomic E-state index is 12.2. The molecule has 0 saturated carbocycles. The summed E-state index contributed by atoms with van der Waals surface area (Å²) in [7, 11) is -3.21. The number of hydrogen-bond acceptors (Lipinski definition) is 4. The molecule has 1 aliphatic rings. The molecule has 0 amide bonds. The summed E-state index contributed by atoms with van der Waals surface area (Å²) in [6.07, 6.45) is 2.36. The minimum absolute atomic E-state index is 0.199. The van der Waals surface area contributed by atoms with Gasteiger partial charge in [-0.3, -0.25) is 0 Å². The quantitative estimate of drug-likeness (QED) is 0.760. The van der Waals surface area contributed by atoms with E-state index in [1.54, 1.807) is 4.31 Å². The van der Waals surface area contributed by atoms with Gasteiger partial charge in [0.2, 0.25) is 10.0 Å². The van der Waals surface area contributed by atoms with Gasteiger partial charge < -0.3 is 10.5 Å². The van der Waals surface area contributed by atoms with Crippen molar-refractivity contribution in [1.82, 2.24) is 4.31 Å². The van der Waals surface area contributed by atoms with Gasteiger partial charge in [-0.25, -0.2) is 12.7 Å². The third-order valence-electron chi connectivity index (χ3n) is 3.30. The standard InChI is InChI=1S/C11H24N2O3S/c1-3-11(9-12)17(14,15)13-7-5-10(6-8-13)16-4-2/h10-11H,3-9,12H2,1-2H3. The first kappa shape index (κ1) is 14.9. The number of ether oxygens (including phenoxy) is 1. The molecule has 1 fully saturated rings. The fourth-order valence-corrected chi connectivity index (χ4v) is 4.00. The Kier molecular flexibility index (Phi) is 5.85. The number of rotatable bonds is 6. The van der Waals surface area contributed by atoms with Gasteiger partial charge >= 0.3 is 0 Å². The number of nitrogens with zero attached hydrogens (tertiary/aromatic N) is 1.